The summed E-state index contributed by atoms with van der Waals surface area (Å²) in [5, 5.41) is 10.0. The van der Waals surface area contributed by atoms with Gasteiger partial charge in [0.15, 0.2) is 0 Å². The van der Waals surface area contributed by atoms with E-state index in [0.717, 1.165) is 22.5 Å². The summed E-state index contributed by atoms with van der Waals surface area (Å²) >= 11 is 1.10. The number of aromatic nitrogens is 1. The van der Waals surface area contributed by atoms with E-state index in [1.54, 1.807) is 12.1 Å². The first-order chi connectivity index (χ1) is 10.6. The van der Waals surface area contributed by atoms with Gasteiger partial charge in [-0.3, -0.25) is 0 Å². The van der Waals surface area contributed by atoms with Crippen molar-refractivity contribution in [1.29, 1.82) is 0 Å². The Kier molecular flexibility index (Phi) is 3.73. The molecule has 3 rings (SSSR count). The van der Waals surface area contributed by atoms with Crippen LogP contribution in [0, 0.1) is 12.7 Å². The molecule has 0 amide bonds. The van der Waals surface area contributed by atoms with E-state index in [4.69, 9.17) is 0 Å². The van der Waals surface area contributed by atoms with Gasteiger partial charge in [-0.15, -0.1) is 11.3 Å². The number of aryl methyl sites for hydroxylation is 1. The molecule has 22 heavy (non-hydrogen) atoms. The topological polar surface area (TPSA) is 50.2 Å². The smallest absolute Gasteiger partial charge is 0.348 e. The first kappa shape index (κ1) is 14.4. The third-order valence-corrected chi connectivity index (χ3v) is 4.37. The highest BCUT2D eigenvalue weighted by atomic mass is 32.1. The first-order valence-electron chi connectivity index (χ1n) is 6.62. The maximum absolute atomic E-state index is 13.4. The number of rotatable bonds is 3. The van der Waals surface area contributed by atoms with Crippen molar-refractivity contribution < 1.29 is 14.3 Å². The molecule has 0 aliphatic heterocycles. The van der Waals surface area contributed by atoms with Gasteiger partial charge in [0.05, 0.1) is 5.69 Å². The van der Waals surface area contributed by atoms with Crippen molar-refractivity contribution in [1.82, 2.24) is 4.98 Å². The first-order valence-corrected chi connectivity index (χ1v) is 7.44. The molecule has 1 heterocycles. The molecule has 1 aromatic heterocycles. The molecule has 0 unspecified atom stereocenters. The standard InChI is InChI=1S/C17H12FNO2S/c1-10-5-2-3-8-13(10)16-19-14(15(22-16)17(20)21)11-6-4-7-12(18)9-11/h2-9H,1H3,(H,20,21). The molecule has 2 aromatic carbocycles. The molecule has 0 saturated carbocycles. The van der Waals surface area contributed by atoms with E-state index < -0.39 is 11.8 Å². The van der Waals surface area contributed by atoms with Crippen molar-refractivity contribution in [3.8, 4) is 21.8 Å². The van der Waals surface area contributed by atoms with Gasteiger partial charge < -0.3 is 5.11 Å². The van der Waals surface area contributed by atoms with Gasteiger partial charge in [-0.05, 0) is 24.6 Å². The van der Waals surface area contributed by atoms with E-state index in [9.17, 15) is 14.3 Å². The third kappa shape index (κ3) is 2.63. The summed E-state index contributed by atoms with van der Waals surface area (Å²) in [5.41, 5.74) is 2.67. The summed E-state index contributed by atoms with van der Waals surface area (Å²) in [6.07, 6.45) is 0. The number of thiazole rings is 1. The maximum Gasteiger partial charge on any atom is 0.348 e. The lowest BCUT2D eigenvalue weighted by molar-refractivity contribution is 0.0702. The Morgan fingerprint density at radius 3 is 2.64 bits per heavy atom. The number of benzene rings is 2. The SMILES string of the molecule is Cc1ccccc1-c1nc(-c2cccc(F)c2)c(C(=O)O)s1. The van der Waals surface area contributed by atoms with Crippen molar-refractivity contribution in [3.63, 3.8) is 0 Å². The number of nitrogens with zero attached hydrogens (tertiary/aromatic N) is 1. The summed E-state index contributed by atoms with van der Waals surface area (Å²) in [7, 11) is 0. The second-order valence-electron chi connectivity index (χ2n) is 4.83. The lowest BCUT2D eigenvalue weighted by Crippen LogP contribution is -1.95. The maximum atomic E-state index is 13.4. The zero-order valence-electron chi connectivity index (χ0n) is 11.7. The molecular weight excluding hydrogens is 301 g/mol. The molecule has 110 valence electrons. The molecule has 0 fully saturated rings. The summed E-state index contributed by atoms with van der Waals surface area (Å²) in [6, 6.07) is 13.5. The number of carboxylic acid groups (broad SMARTS) is 1. The van der Waals surface area contributed by atoms with Gasteiger partial charge in [0.1, 0.15) is 15.7 Å². The van der Waals surface area contributed by atoms with E-state index in [0.29, 0.717) is 16.3 Å². The number of halogens is 1. The van der Waals surface area contributed by atoms with Crippen molar-refractivity contribution in [2.45, 2.75) is 6.92 Å². The average Bonchev–Trinajstić information content (AvgIpc) is 2.93. The molecule has 1 N–H and O–H groups in total. The van der Waals surface area contributed by atoms with Gasteiger partial charge in [-0.2, -0.15) is 0 Å². The van der Waals surface area contributed by atoms with Gasteiger partial charge in [-0.25, -0.2) is 14.2 Å². The lowest BCUT2D eigenvalue weighted by Gasteiger charge is -2.00. The fraction of sp³-hybridized carbons (Fsp3) is 0.0588. The van der Waals surface area contributed by atoms with Crippen LogP contribution in [0.4, 0.5) is 4.39 Å². The molecule has 0 atom stereocenters. The van der Waals surface area contributed by atoms with Crippen LogP contribution in [0.15, 0.2) is 48.5 Å². The van der Waals surface area contributed by atoms with Crippen LogP contribution in [0.5, 0.6) is 0 Å². The Labute approximate surface area is 130 Å². The van der Waals surface area contributed by atoms with Crippen LogP contribution < -0.4 is 0 Å². The van der Waals surface area contributed by atoms with Gasteiger partial charge in [-0.1, -0.05) is 36.4 Å². The second-order valence-corrected chi connectivity index (χ2v) is 5.83. The van der Waals surface area contributed by atoms with Crippen LogP contribution in [0.1, 0.15) is 15.2 Å². The Morgan fingerprint density at radius 2 is 1.95 bits per heavy atom. The van der Waals surface area contributed by atoms with Crippen LogP contribution in [0.25, 0.3) is 21.8 Å². The molecule has 0 saturated heterocycles. The third-order valence-electron chi connectivity index (χ3n) is 3.29. The van der Waals surface area contributed by atoms with Crippen LogP contribution in [0.3, 0.4) is 0 Å². The fourth-order valence-electron chi connectivity index (χ4n) is 2.22. The Bertz CT molecular complexity index is 857. The zero-order chi connectivity index (χ0) is 15.7. The number of carboxylic acids is 1. The fourth-order valence-corrected chi connectivity index (χ4v) is 3.24. The summed E-state index contributed by atoms with van der Waals surface area (Å²) in [4.78, 5) is 16.0. The van der Waals surface area contributed by atoms with E-state index in [-0.39, 0.29) is 4.88 Å². The number of carbonyl (C=O) groups is 1. The van der Waals surface area contributed by atoms with E-state index in [1.165, 1.54) is 12.1 Å². The van der Waals surface area contributed by atoms with E-state index in [2.05, 4.69) is 4.98 Å². The van der Waals surface area contributed by atoms with Crippen LogP contribution in [-0.4, -0.2) is 16.1 Å². The van der Waals surface area contributed by atoms with Crippen molar-refractivity contribution in [3.05, 3.63) is 64.8 Å². The second kappa shape index (κ2) is 5.69. The van der Waals surface area contributed by atoms with E-state index >= 15 is 0 Å². The van der Waals surface area contributed by atoms with E-state index in [1.807, 2.05) is 31.2 Å². The highest BCUT2D eigenvalue weighted by Gasteiger charge is 2.20. The molecule has 3 nitrogen and oxygen atoms in total. The van der Waals surface area contributed by atoms with Gasteiger partial charge in [0.2, 0.25) is 0 Å². The number of hydrogen-bond donors (Lipinski definition) is 1. The molecule has 0 aliphatic rings. The zero-order valence-corrected chi connectivity index (χ0v) is 12.5. The molecule has 0 radical (unpaired) electrons. The largest absolute Gasteiger partial charge is 0.477 e. The molecule has 3 aromatic rings. The predicted molar refractivity (Wildman–Crippen MR) is 84.6 cm³/mol. The minimum atomic E-state index is -1.06. The summed E-state index contributed by atoms with van der Waals surface area (Å²) in [5.74, 6) is -1.48. The molecular formula is C17H12FNO2S. The predicted octanol–water partition coefficient (Wildman–Crippen LogP) is 4.62. The quantitative estimate of drug-likeness (QED) is 0.767. The van der Waals surface area contributed by atoms with Gasteiger partial charge in [0.25, 0.3) is 0 Å². The monoisotopic (exact) mass is 313 g/mol. The van der Waals surface area contributed by atoms with Gasteiger partial charge >= 0.3 is 5.97 Å². The summed E-state index contributed by atoms with van der Waals surface area (Å²) in [6.45, 7) is 1.94. The minimum Gasteiger partial charge on any atom is -0.477 e. The minimum absolute atomic E-state index is 0.115. The molecule has 0 bridgehead atoms. The number of hydrogen-bond acceptors (Lipinski definition) is 3. The highest BCUT2D eigenvalue weighted by Crippen LogP contribution is 2.35. The lowest BCUT2D eigenvalue weighted by atomic mass is 10.1. The van der Waals surface area contributed by atoms with Crippen LogP contribution in [0.2, 0.25) is 0 Å². The normalized spacial score (nSPS) is 10.6. The highest BCUT2D eigenvalue weighted by molar-refractivity contribution is 7.17. The van der Waals surface area contributed by atoms with Crippen molar-refractivity contribution >= 4 is 17.3 Å². The Morgan fingerprint density at radius 1 is 1.18 bits per heavy atom. The van der Waals surface area contributed by atoms with Crippen molar-refractivity contribution in [2.75, 3.05) is 0 Å². The Balaban J connectivity index is 2.19. The molecule has 5 heteroatoms. The van der Waals surface area contributed by atoms with Gasteiger partial charge in [0, 0.05) is 11.1 Å². The van der Waals surface area contributed by atoms with Crippen molar-refractivity contribution in [2.24, 2.45) is 0 Å². The van der Waals surface area contributed by atoms with Crippen LogP contribution >= 0.6 is 11.3 Å². The molecule has 0 aliphatic carbocycles. The Hall–Kier alpha value is -2.53. The summed E-state index contributed by atoms with van der Waals surface area (Å²) < 4.78 is 13.4. The number of aromatic carboxylic acids is 1. The molecule has 0 spiro atoms. The average molecular weight is 313 g/mol. The van der Waals surface area contributed by atoms with Crippen LogP contribution in [-0.2, 0) is 0 Å².